The first-order valence-electron chi connectivity index (χ1n) is 8.32. The highest BCUT2D eigenvalue weighted by Crippen LogP contribution is 2.21. The molecule has 3 rings (SSSR count). The summed E-state index contributed by atoms with van der Waals surface area (Å²) >= 11 is 1.64. The smallest absolute Gasteiger partial charge is 0.241 e. The van der Waals surface area contributed by atoms with E-state index in [0.29, 0.717) is 5.82 Å². The number of benzene rings is 1. The molecular weight excluding hydrogens is 320 g/mol. The fourth-order valence-electron chi connectivity index (χ4n) is 2.66. The van der Waals surface area contributed by atoms with Gasteiger partial charge in [-0.1, -0.05) is 30.3 Å². The highest BCUT2D eigenvalue weighted by atomic mass is 32.2. The fraction of sp³-hybridized carbons (Fsp3) is 0.389. The lowest BCUT2D eigenvalue weighted by Crippen LogP contribution is -2.39. The molecule has 2 aromatic rings. The number of nitrogens with one attached hydrogen (secondary N) is 1. The predicted molar refractivity (Wildman–Crippen MR) is 97.0 cm³/mol. The monoisotopic (exact) mass is 342 g/mol. The number of carbonyl (C=O) groups excluding carboxylic acids is 1. The zero-order valence-electron chi connectivity index (χ0n) is 13.6. The molecule has 1 N–H and O–H groups in total. The molecular formula is C18H22N4OS. The number of piperidine rings is 1. The molecule has 2 heterocycles. The Bertz CT molecular complexity index is 659. The van der Waals surface area contributed by atoms with E-state index in [-0.39, 0.29) is 12.5 Å². The molecule has 0 radical (unpaired) electrons. The second-order valence-electron chi connectivity index (χ2n) is 5.81. The Morgan fingerprint density at radius 1 is 1.12 bits per heavy atom. The number of carbonyl (C=O) groups is 1. The summed E-state index contributed by atoms with van der Waals surface area (Å²) in [5, 5.41) is 3.96. The van der Waals surface area contributed by atoms with Gasteiger partial charge in [-0.25, -0.2) is 4.98 Å². The van der Waals surface area contributed by atoms with Crippen LogP contribution in [0.1, 0.15) is 24.8 Å². The molecule has 0 atom stereocenters. The van der Waals surface area contributed by atoms with Crippen LogP contribution in [-0.2, 0) is 10.5 Å². The summed E-state index contributed by atoms with van der Waals surface area (Å²) in [6.45, 7) is 2.03. The van der Waals surface area contributed by atoms with Crippen molar-refractivity contribution in [2.45, 2.75) is 30.0 Å². The number of aromatic nitrogens is 2. The molecule has 0 saturated carbocycles. The molecule has 5 nitrogen and oxygen atoms in total. The molecule has 1 aromatic carbocycles. The second-order valence-corrected chi connectivity index (χ2v) is 6.81. The van der Waals surface area contributed by atoms with Crippen LogP contribution < -0.4 is 5.32 Å². The van der Waals surface area contributed by atoms with Gasteiger partial charge in [-0.05, 0) is 24.8 Å². The number of thioether (sulfide) groups is 1. The Balaban J connectivity index is 1.50. The maximum atomic E-state index is 12.2. The minimum absolute atomic E-state index is 0.138. The Hall–Kier alpha value is -2.08. The lowest BCUT2D eigenvalue weighted by atomic mass is 10.1. The Kier molecular flexibility index (Phi) is 6.07. The molecule has 1 aliphatic heterocycles. The maximum Gasteiger partial charge on any atom is 0.241 e. The van der Waals surface area contributed by atoms with Gasteiger partial charge in [0, 0.05) is 18.8 Å². The van der Waals surface area contributed by atoms with E-state index in [4.69, 9.17) is 0 Å². The summed E-state index contributed by atoms with van der Waals surface area (Å²) in [4.78, 5) is 22.8. The van der Waals surface area contributed by atoms with Crippen LogP contribution in [-0.4, -0.2) is 40.4 Å². The quantitative estimate of drug-likeness (QED) is 0.817. The normalized spacial score (nSPS) is 14.4. The molecule has 1 fully saturated rings. The van der Waals surface area contributed by atoms with Crippen LogP contribution in [0.5, 0.6) is 0 Å². The number of likely N-dealkylation sites (tertiary alicyclic amines) is 1. The zero-order valence-corrected chi connectivity index (χ0v) is 14.5. The van der Waals surface area contributed by atoms with Crippen LogP contribution in [0.25, 0.3) is 0 Å². The van der Waals surface area contributed by atoms with E-state index >= 15 is 0 Å². The topological polar surface area (TPSA) is 58.1 Å². The molecule has 126 valence electrons. The van der Waals surface area contributed by atoms with Crippen molar-refractivity contribution < 1.29 is 4.79 Å². The summed E-state index contributed by atoms with van der Waals surface area (Å²) in [5.74, 6) is 1.64. The van der Waals surface area contributed by atoms with Crippen LogP contribution in [0.2, 0.25) is 0 Å². The largest absolute Gasteiger partial charge is 0.360 e. The van der Waals surface area contributed by atoms with Crippen molar-refractivity contribution in [3.63, 3.8) is 0 Å². The Morgan fingerprint density at radius 3 is 2.71 bits per heavy atom. The summed E-state index contributed by atoms with van der Waals surface area (Å²) in [6.07, 6.45) is 6.86. The van der Waals surface area contributed by atoms with Crippen LogP contribution in [0.4, 0.5) is 5.82 Å². The average molecular weight is 342 g/mol. The van der Waals surface area contributed by atoms with Gasteiger partial charge in [-0.2, -0.15) is 0 Å². The summed E-state index contributed by atoms with van der Waals surface area (Å²) in [7, 11) is 0. The third kappa shape index (κ3) is 4.96. The van der Waals surface area contributed by atoms with E-state index in [0.717, 1.165) is 36.7 Å². The van der Waals surface area contributed by atoms with E-state index in [1.165, 1.54) is 12.0 Å². The molecule has 6 heteroatoms. The third-order valence-corrected chi connectivity index (χ3v) is 4.94. The molecule has 1 amide bonds. The Labute approximate surface area is 146 Å². The van der Waals surface area contributed by atoms with Crippen molar-refractivity contribution in [2.75, 3.05) is 25.0 Å². The third-order valence-electron chi connectivity index (χ3n) is 3.97. The molecule has 1 aliphatic rings. The number of rotatable bonds is 6. The van der Waals surface area contributed by atoms with E-state index in [2.05, 4.69) is 27.4 Å². The van der Waals surface area contributed by atoms with Gasteiger partial charge < -0.3 is 10.2 Å². The first-order chi connectivity index (χ1) is 11.8. The van der Waals surface area contributed by atoms with Gasteiger partial charge in [0.25, 0.3) is 0 Å². The highest BCUT2D eigenvalue weighted by Gasteiger charge is 2.16. The molecule has 0 spiro atoms. The van der Waals surface area contributed by atoms with Gasteiger partial charge in [0.2, 0.25) is 5.91 Å². The van der Waals surface area contributed by atoms with E-state index in [1.54, 1.807) is 24.2 Å². The van der Waals surface area contributed by atoms with Gasteiger partial charge in [0.1, 0.15) is 10.8 Å². The van der Waals surface area contributed by atoms with Crippen molar-refractivity contribution >= 4 is 23.5 Å². The van der Waals surface area contributed by atoms with E-state index in [9.17, 15) is 4.79 Å². The minimum Gasteiger partial charge on any atom is -0.360 e. The predicted octanol–water partition coefficient (Wildman–Crippen LogP) is 3.19. The number of amides is 1. The van der Waals surface area contributed by atoms with Crippen molar-refractivity contribution in [1.82, 2.24) is 14.9 Å². The molecule has 0 unspecified atom stereocenters. The van der Waals surface area contributed by atoms with Crippen molar-refractivity contribution in [2.24, 2.45) is 0 Å². The number of nitrogens with zero attached hydrogens (tertiary/aromatic N) is 3. The van der Waals surface area contributed by atoms with Gasteiger partial charge in [-0.3, -0.25) is 9.78 Å². The van der Waals surface area contributed by atoms with Crippen LogP contribution in [0.15, 0.2) is 47.8 Å². The summed E-state index contributed by atoms with van der Waals surface area (Å²) in [5.41, 5.74) is 1.25. The van der Waals surface area contributed by atoms with Crippen molar-refractivity contribution in [3.8, 4) is 0 Å². The van der Waals surface area contributed by atoms with Crippen LogP contribution in [0, 0.1) is 0 Å². The fourth-order valence-corrected chi connectivity index (χ4v) is 3.46. The van der Waals surface area contributed by atoms with Gasteiger partial charge >= 0.3 is 0 Å². The first kappa shape index (κ1) is 16.8. The average Bonchev–Trinajstić information content (AvgIpc) is 2.66. The van der Waals surface area contributed by atoms with Crippen molar-refractivity contribution in [1.29, 1.82) is 0 Å². The molecule has 0 bridgehead atoms. The Morgan fingerprint density at radius 2 is 1.92 bits per heavy atom. The highest BCUT2D eigenvalue weighted by molar-refractivity contribution is 7.98. The number of hydrogen-bond acceptors (Lipinski definition) is 5. The SMILES string of the molecule is O=C(CNc1cncc(SCc2ccccc2)n1)N1CCCCC1. The summed E-state index contributed by atoms with van der Waals surface area (Å²) in [6, 6.07) is 10.3. The summed E-state index contributed by atoms with van der Waals surface area (Å²) < 4.78 is 0. The van der Waals surface area contributed by atoms with Gasteiger partial charge in [-0.15, -0.1) is 11.8 Å². The zero-order chi connectivity index (χ0) is 16.6. The second kappa shape index (κ2) is 8.68. The standard InChI is InChI=1S/C18H22N4OS/c23-18(22-9-5-2-6-10-22)13-20-16-11-19-12-17(21-16)24-14-15-7-3-1-4-8-15/h1,3-4,7-8,11-12H,2,5-6,9-10,13-14H2,(H,20,21). The molecule has 1 aromatic heterocycles. The number of hydrogen-bond donors (Lipinski definition) is 1. The van der Waals surface area contributed by atoms with Crippen molar-refractivity contribution in [3.05, 3.63) is 48.3 Å². The van der Waals surface area contributed by atoms with Gasteiger partial charge in [0.15, 0.2) is 0 Å². The van der Waals surface area contributed by atoms with Crippen LogP contribution in [0.3, 0.4) is 0 Å². The molecule has 24 heavy (non-hydrogen) atoms. The van der Waals surface area contributed by atoms with Crippen LogP contribution >= 0.6 is 11.8 Å². The van der Waals surface area contributed by atoms with E-state index in [1.807, 2.05) is 23.1 Å². The van der Waals surface area contributed by atoms with Gasteiger partial charge in [0.05, 0.1) is 18.9 Å². The number of anilines is 1. The van der Waals surface area contributed by atoms with E-state index < -0.39 is 0 Å². The molecule has 0 aliphatic carbocycles. The maximum absolute atomic E-state index is 12.2. The first-order valence-corrected chi connectivity index (χ1v) is 9.30. The lowest BCUT2D eigenvalue weighted by molar-refractivity contribution is -0.130. The minimum atomic E-state index is 0.138. The molecule has 1 saturated heterocycles. The lowest BCUT2D eigenvalue weighted by Gasteiger charge is -2.26.